The molecule has 0 aliphatic heterocycles. The van der Waals surface area contributed by atoms with E-state index >= 15 is 0 Å². The lowest BCUT2D eigenvalue weighted by Crippen LogP contribution is -2.03. The maximum Gasteiger partial charge on any atom is 0.145 e. The first kappa shape index (κ1) is 10.1. The molecule has 0 unspecified atom stereocenters. The number of halogens is 1. The highest BCUT2D eigenvalue weighted by Gasteiger charge is 2.09. The highest BCUT2D eigenvalue weighted by molar-refractivity contribution is 6.40. The number of aromatic nitrogens is 2. The van der Waals surface area contributed by atoms with E-state index in [1.54, 1.807) is 12.1 Å². The summed E-state index contributed by atoms with van der Waals surface area (Å²) < 4.78 is 14.7. The van der Waals surface area contributed by atoms with Gasteiger partial charge in [0.2, 0.25) is 0 Å². The minimum absolute atomic E-state index is 0.227. The summed E-state index contributed by atoms with van der Waals surface area (Å²) in [4.78, 5) is 0. The third kappa shape index (κ3) is 1.62. The van der Waals surface area contributed by atoms with Crippen LogP contribution in [0.25, 0.3) is 16.8 Å². The van der Waals surface area contributed by atoms with Gasteiger partial charge in [-0.15, -0.1) is 0 Å². The van der Waals surface area contributed by atoms with Gasteiger partial charge in [0.05, 0.1) is 11.2 Å². The number of hydrogen-bond donors (Lipinski definition) is 0. The van der Waals surface area contributed by atoms with E-state index in [2.05, 4.69) is 5.10 Å². The molecule has 3 rings (SSSR count). The van der Waals surface area contributed by atoms with Crippen LogP contribution in [0.5, 0.6) is 0 Å². The zero-order chi connectivity index (χ0) is 11.8. The molecule has 0 fully saturated rings. The minimum atomic E-state index is -0.227. The van der Waals surface area contributed by atoms with Gasteiger partial charge in [-0.3, -0.25) is 0 Å². The summed E-state index contributed by atoms with van der Waals surface area (Å²) in [7, 11) is 2.03. The van der Waals surface area contributed by atoms with E-state index in [4.69, 9.17) is 0 Å². The average Bonchev–Trinajstić information content (AvgIpc) is 2.69. The van der Waals surface area contributed by atoms with Gasteiger partial charge < -0.3 is 0 Å². The Bertz CT molecular complexity index is 673. The molecule has 0 amide bonds. The standard InChI is InChI=1S/C13H10BFN2/c14-12-11-3-1-2-8-17(11)16-13(12)9-4-6-10(15)7-5-9/h1-8H,14H2. The van der Waals surface area contributed by atoms with Gasteiger partial charge >= 0.3 is 0 Å². The van der Waals surface area contributed by atoms with Gasteiger partial charge in [-0.2, -0.15) is 5.10 Å². The van der Waals surface area contributed by atoms with Crippen molar-refractivity contribution in [2.75, 3.05) is 0 Å². The molecule has 0 saturated heterocycles. The Balaban J connectivity index is 2.24. The van der Waals surface area contributed by atoms with E-state index in [0.717, 1.165) is 22.2 Å². The molecule has 0 aliphatic carbocycles. The number of hydrogen-bond acceptors (Lipinski definition) is 1. The molecule has 2 aromatic heterocycles. The molecule has 17 heavy (non-hydrogen) atoms. The fraction of sp³-hybridized carbons (Fsp3) is 0. The fourth-order valence-electron chi connectivity index (χ4n) is 2.00. The molecule has 0 saturated carbocycles. The topological polar surface area (TPSA) is 17.3 Å². The first-order valence-corrected chi connectivity index (χ1v) is 5.45. The van der Waals surface area contributed by atoms with Crippen molar-refractivity contribution in [1.82, 2.24) is 9.61 Å². The molecule has 0 N–H and O–H groups in total. The van der Waals surface area contributed by atoms with Crippen LogP contribution in [0.3, 0.4) is 0 Å². The molecule has 0 aliphatic rings. The van der Waals surface area contributed by atoms with Crippen LogP contribution in [0.15, 0.2) is 48.7 Å². The molecular weight excluding hydrogens is 214 g/mol. The van der Waals surface area contributed by atoms with Crippen molar-refractivity contribution in [3.05, 3.63) is 54.5 Å². The molecule has 1 aromatic carbocycles. The highest BCUT2D eigenvalue weighted by atomic mass is 19.1. The lowest BCUT2D eigenvalue weighted by Gasteiger charge is -1.97. The van der Waals surface area contributed by atoms with Crippen LogP contribution in [0, 0.1) is 5.82 Å². The van der Waals surface area contributed by atoms with Crippen molar-refractivity contribution in [1.29, 1.82) is 0 Å². The Morgan fingerprint density at radius 3 is 2.53 bits per heavy atom. The highest BCUT2D eigenvalue weighted by Crippen LogP contribution is 2.17. The van der Waals surface area contributed by atoms with Crippen molar-refractivity contribution >= 4 is 18.8 Å². The van der Waals surface area contributed by atoms with Gasteiger partial charge in [-0.25, -0.2) is 8.91 Å². The molecule has 2 heterocycles. The molecule has 0 atom stereocenters. The summed E-state index contributed by atoms with van der Waals surface area (Å²) >= 11 is 0. The maximum atomic E-state index is 12.9. The number of rotatable bonds is 1. The van der Waals surface area contributed by atoms with E-state index in [1.165, 1.54) is 12.1 Å². The zero-order valence-corrected chi connectivity index (χ0v) is 9.39. The van der Waals surface area contributed by atoms with Crippen LogP contribution in [-0.2, 0) is 0 Å². The number of pyridine rings is 1. The summed E-state index contributed by atoms with van der Waals surface area (Å²) in [6.07, 6.45) is 1.91. The van der Waals surface area contributed by atoms with Crippen molar-refractivity contribution < 1.29 is 4.39 Å². The lowest BCUT2D eigenvalue weighted by molar-refractivity contribution is 0.628. The largest absolute Gasteiger partial charge is 0.241 e. The van der Waals surface area contributed by atoms with Crippen molar-refractivity contribution in [3.63, 3.8) is 0 Å². The van der Waals surface area contributed by atoms with E-state index in [0.29, 0.717) is 0 Å². The predicted molar refractivity (Wildman–Crippen MR) is 68.8 cm³/mol. The first-order valence-electron chi connectivity index (χ1n) is 5.45. The SMILES string of the molecule is Bc1c(-c2ccc(F)cc2)nn2ccccc12. The molecule has 0 radical (unpaired) electrons. The average molecular weight is 224 g/mol. The van der Waals surface area contributed by atoms with E-state index < -0.39 is 0 Å². The fourth-order valence-corrected chi connectivity index (χ4v) is 2.00. The normalized spacial score (nSPS) is 10.9. The molecular formula is C13H10BFN2. The quantitative estimate of drug-likeness (QED) is 0.571. The zero-order valence-electron chi connectivity index (χ0n) is 9.39. The Kier molecular flexibility index (Phi) is 2.21. The molecule has 4 heteroatoms. The van der Waals surface area contributed by atoms with E-state index in [1.807, 2.05) is 36.8 Å². The maximum absolute atomic E-state index is 12.9. The first-order chi connectivity index (χ1) is 8.25. The summed E-state index contributed by atoms with van der Waals surface area (Å²) in [5.74, 6) is -0.227. The van der Waals surface area contributed by atoms with E-state index in [-0.39, 0.29) is 5.82 Å². The summed E-state index contributed by atoms with van der Waals surface area (Å²) in [6.45, 7) is 0. The smallest absolute Gasteiger partial charge is 0.145 e. The van der Waals surface area contributed by atoms with Crippen LogP contribution < -0.4 is 5.46 Å². The van der Waals surface area contributed by atoms with Crippen LogP contribution in [-0.4, -0.2) is 17.5 Å². The third-order valence-electron chi connectivity index (χ3n) is 2.90. The van der Waals surface area contributed by atoms with Gasteiger partial charge in [-0.05, 0) is 41.9 Å². The Morgan fingerprint density at radius 1 is 1.06 bits per heavy atom. The molecule has 2 nitrogen and oxygen atoms in total. The summed E-state index contributed by atoms with van der Waals surface area (Å²) in [5.41, 5.74) is 4.02. The minimum Gasteiger partial charge on any atom is -0.241 e. The number of nitrogens with zero attached hydrogens (tertiary/aromatic N) is 2. The molecule has 3 aromatic rings. The monoisotopic (exact) mass is 224 g/mol. The Labute approximate surface area is 99.1 Å². The predicted octanol–water partition coefficient (Wildman–Crippen LogP) is 1.40. The van der Waals surface area contributed by atoms with Crippen LogP contribution >= 0.6 is 0 Å². The van der Waals surface area contributed by atoms with Crippen LogP contribution in [0.1, 0.15) is 0 Å². The second kappa shape index (κ2) is 3.73. The molecule has 0 spiro atoms. The van der Waals surface area contributed by atoms with Crippen LogP contribution in [0.4, 0.5) is 4.39 Å². The number of fused-ring (bicyclic) bond motifs is 1. The molecule has 82 valence electrons. The van der Waals surface area contributed by atoms with Crippen LogP contribution in [0.2, 0.25) is 0 Å². The summed E-state index contributed by atoms with van der Waals surface area (Å²) in [6, 6.07) is 12.4. The van der Waals surface area contributed by atoms with Gasteiger partial charge in [0.1, 0.15) is 13.7 Å². The lowest BCUT2D eigenvalue weighted by atomic mass is 9.91. The van der Waals surface area contributed by atoms with Crippen molar-refractivity contribution in [3.8, 4) is 11.3 Å². The molecule has 0 bridgehead atoms. The van der Waals surface area contributed by atoms with Gasteiger partial charge in [0.15, 0.2) is 0 Å². The van der Waals surface area contributed by atoms with Crippen molar-refractivity contribution in [2.45, 2.75) is 0 Å². The second-order valence-corrected chi connectivity index (χ2v) is 4.01. The van der Waals surface area contributed by atoms with Gasteiger partial charge in [0, 0.05) is 11.8 Å². The summed E-state index contributed by atoms with van der Waals surface area (Å²) in [5, 5.41) is 4.51. The Hall–Kier alpha value is -2.10. The van der Waals surface area contributed by atoms with Gasteiger partial charge in [0.25, 0.3) is 0 Å². The van der Waals surface area contributed by atoms with Crippen molar-refractivity contribution in [2.24, 2.45) is 0 Å². The van der Waals surface area contributed by atoms with E-state index in [9.17, 15) is 4.39 Å². The number of benzene rings is 1. The third-order valence-corrected chi connectivity index (χ3v) is 2.90. The second-order valence-electron chi connectivity index (χ2n) is 4.01. The Morgan fingerprint density at radius 2 is 1.82 bits per heavy atom. The van der Waals surface area contributed by atoms with Gasteiger partial charge in [-0.1, -0.05) is 6.07 Å².